The third kappa shape index (κ3) is 7.14. The molecule has 0 saturated heterocycles. The molecule has 0 heterocycles. The summed E-state index contributed by atoms with van der Waals surface area (Å²) in [6.07, 6.45) is 5.53. The minimum atomic E-state index is -0.455. The van der Waals surface area contributed by atoms with Crippen LogP contribution in [-0.4, -0.2) is 18.1 Å². The van der Waals surface area contributed by atoms with Crippen molar-refractivity contribution in [3.05, 3.63) is 24.3 Å². The van der Waals surface area contributed by atoms with Gasteiger partial charge in [-0.05, 0) is 44.5 Å². The first kappa shape index (κ1) is 17.5. The summed E-state index contributed by atoms with van der Waals surface area (Å²) in [7, 11) is 0. The van der Waals surface area contributed by atoms with Crippen molar-refractivity contribution in [3.8, 4) is 0 Å². The Labute approximate surface area is 128 Å². The second-order valence-electron chi connectivity index (χ2n) is 5.55. The van der Waals surface area contributed by atoms with E-state index in [1.807, 2.05) is 6.92 Å². The molecule has 2 unspecified atom stereocenters. The molecule has 3 N–H and O–H groups in total. The molecule has 0 fully saturated rings. The SMILES string of the molecule is CCCCCCC(C)OC(C)C(=O)Nc1ccc(N)cc1. The Balaban J connectivity index is 2.31. The zero-order valence-corrected chi connectivity index (χ0v) is 13.4. The van der Waals surface area contributed by atoms with Crippen molar-refractivity contribution in [3.63, 3.8) is 0 Å². The molecule has 1 aromatic rings. The Hall–Kier alpha value is -1.55. The number of nitrogen functional groups attached to an aromatic ring is 1. The van der Waals surface area contributed by atoms with Gasteiger partial charge in [-0.3, -0.25) is 4.79 Å². The average Bonchev–Trinajstić information content (AvgIpc) is 2.46. The van der Waals surface area contributed by atoms with Crippen molar-refractivity contribution >= 4 is 17.3 Å². The number of hydrogen-bond donors (Lipinski definition) is 2. The summed E-state index contributed by atoms with van der Waals surface area (Å²) in [5, 5.41) is 2.83. The van der Waals surface area contributed by atoms with Crippen molar-refractivity contribution in [1.29, 1.82) is 0 Å². The number of ether oxygens (including phenoxy) is 1. The number of carbonyl (C=O) groups is 1. The monoisotopic (exact) mass is 292 g/mol. The minimum Gasteiger partial charge on any atom is -0.399 e. The first-order valence-corrected chi connectivity index (χ1v) is 7.84. The molecule has 0 aliphatic rings. The van der Waals surface area contributed by atoms with Gasteiger partial charge in [0.2, 0.25) is 0 Å². The average molecular weight is 292 g/mol. The molecule has 0 aliphatic heterocycles. The van der Waals surface area contributed by atoms with Crippen LogP contribution in [0.15, 0.2) is 24.3 Å². The van der Waals surface area contributed by atoms with E-state index in [9.17, 15) is 4.79 Å². The molecule has 0 bridgehead atoms. The molecule has 0 spiro atoms. The Morgan fingerprint density at radius 2 is 1.86 bits per heavy atom. The maximum Gasteiger partial charge on any atom is 0.253 e. The fraction of sp³-hybridized carbons (Fsp3) is 0.588. The highest BCUT2D eigenvalue weighted by atomic mass is 16.5. The summed E-state index contributed by atoms with van der Waals surface area (Å²) in [6, 6.07) is 7.09. The van der Waals surface area contributed by atoms with E-state index in [1.165, 1.54) is 19.3 Å². The van der Waals surface area contributed by atoms with E-state index in [0.717, 1.165) is 18.5 Å². The van der Waals surface area contributed by atoms with Crippen molar-refractivity contribution in [2.75, 3.05) is 11.1 Å². The smallest absolute Gasteiger partial charge is 0.253 e. The van der Waals surface area contributed by atoms with Gasteiger partial charge < -0.3 is 15.8 Å². The molecule has 1 rings (SSSR count). The van der Waals surface area contributed by atoms with Gasteiger partial charge in [0, 0.05) is 11.4 Å². The largest absolute Gasteiger partial charge is 0.399 e. The van der Waals surface area contributed by atoms with Crippen molar-refractivity contribution in [2.24, 2.45) is 0 Å². The number of benzene rings is 1. The number of unbranched alkanes of at least 4 members (excludes halogenated alkanes) is 3. The lowest BCUT2D eigenvalue weighted by Gasteiger charge is -2.19. The van der Waals surface area contributed by atoms with Crippen LogP contribution in [0.1, 0.15) is 52.9 Å². The third-order valence-electron chi connectivity index (χ3n) is 3.45. The summed E-state index contributed by atoms with van der Waals surface area (Å²) in [5.41, 5.74) is 7.03. The fourth-order valence-electron chi connectivity index (χ4n) is 2.15. The number of anilines is 2. The van der Waals surface area contributed by atoms with Crippen molar-refractivity contribution in [2.45, 2.75) is 65.1 Å². The quantitative estimate of drug-likeness (QED) is 0.534. The van der Waals surface area contributed by atoms with Crippen LogP contribution in [0.5, 0.6) is 0 Å². The van der Waals surface area contributed by atoms with Gasteiger partial charge in [-0.25, -0.2) is 0 Å². The van der Waals surface area contributed by atoms with Crippen LogP contribution < -0.4 is 11.1 Å². The van der Waals surface area contributed by atoms with Gasteiger partial charge in [0.1, 0.15) is 6.10 Å². The highest BCUT2D eigenvalue weighted by Gasteiger charge is 2.16. The van der Waals surface area contributed by atoms with E-state index in [1.54, 1.807) is 31.2 Å². The number of nitrogens with two attached hydrogens (primary N) is 1. The molecule has 0 aromatic heterocycles. The molecule has 0 saturated carbocycles. The first-order chi connectivity index (χ1) is 10.0. The number of carbonyl (C=O) groups excluding carboxylic acids is 1. The molecule has 2 atom stereocenters. The summed E-state index contributed by atoms with van der Waals surface area (Å²) in [5.74, 6) is -0.125. The lowest BCUT2D eigenvalue weighted by Crippen LogP contribution is -2.30. The van der Waals surface area contributed by atoms with E-state index in [-0.39, 0.29) is 12.0 Å². The van der Waals surface area contributed by atoms with Gasteiger partial charge in [-0.1, -0.05) is 32.6 Å². The summed E-state index contributed by atoms with van der Waals surface area (Å²) < 4.78 is 5.75. The molecular weight excluding hydrogens is 264 g/mol. The van der Waals surface area contributed by atoms with Gasteiger partial charge in [0.15, 0.2) is 0 Å². The minimum absolute atomic E-state index is 0.106. The fourth-order valence-corrected chi connectivity index (χ4v) is 2.15. The van der Waals surface area contributed by atoms with Crippen LogP contribution in [-0.2, 0) is 9.53 Å². The molecular formula is C17H28N2O2. The predicted molar refractivity (Wildman–Crippen MR) is 88.3 cm³/mol. The standard InChI is InChI=1S/C17H28N2O2/c1-4-5-6-7-8-13(2)21-14(3)17(20)19-16-11-9-15(18)10-12-16/h9-14H,4-8,18H2,1-3H3,(H,19,20). The zero-order valence-electron chi connectivity index (χ0n) is 13.4. The van der Waals surface area contributed by atoms with Crippen molar-refractivity contribution in [1.82, 2.24) is 0 Å². The second kappa shape index (κ2) is 9.40. The Kier molecular flexibility index (Phi) is 7.83. The van der Waals surface area contributed by atoms with Crippen LogP contribution in [0.3, 0.4) is 0 Å². The van der Waals surface area contributed by atoms with Crippen LogP contribution in [0.4, 0.5) is 11.4 Å². The van der Waals surface area contributed by atoms with Gasteiger partial charge in [-0.15, -0.1) is 0 Å². The molecule has 1 amide bonds. The highest BCUT2D eigenvalue weighted by molar-refractivity contribution is 5.94. The number of nitrogens with one attached hydrogen (secondary N) is 1. The van der Waals surface area contributed by atoms with E-state index >= 15 is 0 Å². The molecule has 0 radical (unpaired) electrons. The van der Waals surface area contributed by atoms with Gasteiger partial charge >= 0.3 is 0 Å². The van der Waals surface area contributed by atoms with Gasteiger partial charge in [-0.2, -0.15) is 0 Å². The molecule has 4 nitrogen and oxygen atoms in total. The van der Waals surface area contributed by atoms with Crippen molar-refractivity contribution < 1.29 is 9.53 Å². The third-order valence-corrected chi connectivity index (χ3v) is 3.45. The normalized spacial score (nSPS) is 13.7. The lowest BCUT2D eigenvalue weighted by atomic mass is 10.1. The maximum absolute atomic E-state index is 12.0. The van der Waals surface area contributed by atoms with E-state index in [4.69, 9.17) is 10.5 Å². The molecule has 0 aliphatic carbocycles. The summed E-state index contributed by atoms with van der Waals surface area (Å²) in [4.78, 5) is 12.0. The molecule has 4 heteroatoms. The van der Waals surface area contributed by atoms with Crippen LogP contribution in [0.25, 0.3) is 0 Å². The topological polar surface area (TPSA) is 64.3 Å². The van der Waals surface area contributed by atoms with Crippen LogP contribution in [0, 0.1) is 0 Å². The Bertz CT molecular complexity index is 417. The zero-order chi connectivity index (χ0) is 15.7. The molecule has 1 aromatic carbocycles. The highest BCUT2D eigenvalue weighted by Crippen LogP contribution is 2.13. The number of hydrogen-bond acceptors (Lipinski definition) is 3. The van der Waals surface area contributed by atoms with Crippen LogP contribution in [0.2, 0.25) is 0 Å². The van der Waals surface area contributed by atoms with Gasteiger partial charge in [0.25, 0.3) is 5.91 Å². The predicted octanol–water partition coefficient (Wildman–Crippen LogP) is 3.97. The molecule has 21 heavy (non-hydrogen) atoms. The van der Waals surface area contributed by atoms with E-state index in [0.29, 0.717) is 5.69 Å². The lowest BCUT2D eigenvalue weighted by molar-refractivity contribution is -0.129. The second-order valence-corrected chi connectivity index (χ2v) is 5.55. The Morgan fingerprint density at radius 1 is 1.19 bits per heavy atom. The summed E-state index contributed by atoms with van der Waals surface area (Å²) in [6.45, 7) is 6.01. The maximum atomic E-state index is 12.0. The first-order valence-electron chi connectivity index (χ1n) is 7.84. The van der Waals surface area contributed by atoms with Gasteiger partial charge in [0.05, 0.1) is 6.10 Å². The van der Waals surface area contributed by atoms with E-state index < -0.39 is 6.10 Å². The summed E-state index contributed by atoms with van der Waals surface area (Å²) >= 11 is 0. The van der Waals surface area contributed by atoms with E-state index in [2.05, 4.69) is 12.2 Å². The number of amides is 1. The molecule has 118 valence electrons. The van der Waals surface area contributed by atoms with Crippen LogP contribution >= 0.6 is 0 Å². The number of rotatable bonds is 9. The Morgan fingerprint density at radius 3 is 2.48 bits per heavy atom.